The fraction of sp³-hybridized carbons (Fsp3) is 0.478. The van der Waals surface area contributed by atoms with Crippen molar-refractivity contribution in [3.8, 4) is 11.1 Å². The first-order chi connectivity index (χ1) is 14.2. The van der Waals surface area contributed by atoms with Gasteiger partial charge in [0.15, 0.2) is 11.5 Å². The van der Waals surface area contributed by atoms with E-state index in [4.69, 9.17) is 10.1 Å². The summed E-state index contributed by atoms with van der Waals surface area (Å²) in [5.74, 6) is 2.93. The van der Waals surface area contributed by atoms with E-state index in [-0.39, 0.29) is 5.82 Å². The van der Waals surface area contributed by atoms with Crippen molar-refractivity contribution >= 4 is 5.65 Å². The monoisotopic (exact) mass is 391 g/mol. The minimum Gasteiger partial charge on any atom is -0.257 e. The highest BCUT2D eigenvalue weighted by Gasteiger charge is 2.40. The zero-order chi connectivity index (χ0) is 19.5. The maximum atomic E-state index is 13.6. The Morgan fingerprint density at radius 3 is 2.69 bits per heavy atom. The fourth-order valence-corrected chi connectivity index (χ4v) is 5.46. The number of nitrogens with one attached hydrogen (secondary N) is 2. The van der Waals surface area contributed by atoms with Crippen molar-refractivity contribution in [1.29, 1.82) is 0 Å². The molecule has 2 aromatic heterocycles. The number of hydrogen-bond acceptors (Lipinski definition) is 4. The summed E-state index contributed by atoms with van der Waals surface area (Å²) in [5.41, 5.74) is 11.3. The van der Waals surface area contributed by atoms with Gasteiger partial charge in [-0.25, -0.2) is 13.9 Å². The van der Waals surface area contributed by atoms with Crippen molar-refractivity contribution in [3.05, 3.63) is 53.7 Å². The number of fused-ring (bicyclic) bond motifs is 2. The average Bonchev–Trinajstić information content (AvgIpc) is 3.30. The summed E-state index contributed by atoms with van der Waals surface area (Å²) in [6.07, 6.45) is 6.66. The molecule has 6 heteroatoms. The summed E-state index contributed by atoms with van der Waals surface area (Å²) >= 11 is 0. The summed E-state index contributed by atoms with van der Waals surface area (Å²) in [6.45, 7) is 3.36. The first-order valence-electron chi connectivity index (χ1n) is 10.8. The lowest BCUT2D eigenvalue weighted by atomic mass is 9.70. The van der Waals surface area contributed by atoms with Gasteiger partial charge in [0.1, 0.15) is 5.82 Å². The molecule has 2 saturated carbocycles. The summed E-state index contributed by atoms with van der Waals surface area (Å²) < 4.78 is 15.5. The normalized spacial score (nSPS) is 29.3. The third kappa shape index (κ3) is 2.97. The van der Waals surface area contributed by atoms with Gasteiger partial charge in [-0.2, -0.15) is 5.10 Å². The van der Waals surface area contributed by atoms with Crippen LogP contribution in [-0.4, -0.2) is 27.2 Å². The zero-order valence-electron chi connectivity index (χ0n) is 16.6. The van der Waals surface area contributed by atoms with Gasteiger partial charge in [0.05, 0.1) is 0 Å². The first-order valence-corrected chi connectivity index (χ1v) is 10.8. The van der Waals surface area contributed by atoms with Crippen LogP contribution in [0.15, 0.2) is 36.5 Å². The third-order valence-electron chi connectivity index (χ3n) is 7.06. The lowest BCUT2D eigenvalue weighted by molar-refractivity contribution is 0.225. The van der Waals surface area contributed by atoms with Crippen LogP contribution >= 0.6 is 0 Å². The Morgan fingerprint density at radius 2 is 1.90 bits per heavy atom. The minimum absolute atomic E-state index is 0.202. The molecule has 1 saturated heterocycles. The van der Waals surface area contributed by atoms with E-state index in [9.17, 15) is 4.39 Å². The number of hydrazine groups is 1. The molecule has 4 atom stereocenters. The molecule has 1 aromatic carbocycles. The van der Waals surface area contributed by atoms with Crippen LogP contribution in [0.4, 0.5) is 4.39 Å². The highest BCUT2D eigenvalue weighted by Crippen LogP contribution is 2.45. The van der Waals surface area contributed by atoms with Gasteiger partial charge in [-0.3, -0.25) is 10.9 Å². The standard InChI is InChI=1S/C23H26FN5/c1-13-10-16(11-17-12-25-27-21(13)17)20-19(14-4-6-18(24)7-5-14)8-9-29-23(20)26-22(28-29)15-2-3-15/h4-9,13,15-17,21,25,27H,2-3,10-12H2,1H3. The molecule has 3 fully saturated rings. The van der Waals surface area contributed by atoms with Gasteiger partial charge in [0.25, 0.3) is 0 Å². The molecule has 3 aliphatic rings. The molecule has 2 aliphatic carbocycles. The molecule has 5 nitrogen and oxygen atoms in total. The zero-order valence-corrected chi connectivity index (χ0v) is 16.6. The number of nitrogens with zero attached hydrogens (tertiary/aromatic N) is 3. The van der Waals surface area contributed by atoms with Gasteiger partial charge in [-0.1, -0.05) is 19.1 Å². The Kier molecular flexibility index (Phi) is 4.00. The number of pyridine rings is 1. The lowest BCUT2D eigenvalue weighted by Gasteiger charge is -2.37. The molecule has 3 aromatic rings. The van der Waals surface area contributed by atoms with E-state index >= 15 is 0 Å². The van der Waals surface area contributed by atoms with Crippen molar-refractivity contribution in [2.75, 3.05) is 6.54 Å². The van der Waals surface area contributed by atoms with Crippen molar-refractivity contribution in [1.82, 2.24) is 25.4 Å². The SMILES string of the molecule is CC1CC(c2c(-c3ccc(F)cc3)ccn3nc(C4CC4)nc23)CC2CNNC12. The van der Waals surface area contributed by atoms with Crippen LogP contribution in [-0.2, 0) is 0 Å². The van der Waals surface area contributed by atoms with Gasteiger partial charge in [-0.15, -0.1) is 0 Å². The van der Waals surface area contributed by atoms with E-state index in [1.54, 1.807) is 12.1 Å². The van der Waals surface area contributed by atoms with E-state index in [0.717, 1.165) is 36.4 Å². The quantitative estimate of drug-likeness (QED) is 0.708. The minimum atomic E-state index is -0.202. The molecule has 1 aliphatic heterocycles. The summed E-state index contributed by atoms with van der Waals surface area (Å²) in [6, 6.07) is 9.55. The van der Waals surface area contributed by atoms with Crippen LogP contribution in [0.1, 0.15) is 55.8 Å². The van der Waals surface area contributed by atoms with Gasteiger partial charge in [0.2, 0.25) is 0 Å². The predicted molar refractivity (Wildman–Crippen MR) is 110 cm³/mol. The van der Waals surface area contributed by atoms with Crippen molar-refractivity contribution < 1.29 is 4.39 Å². The maximum Gasteiger partial charge on any atom is 0.159 e. The summed E-state index contributed by atoms with van der Waals surface area (Å²) in [7, 11) is 0. The van der Waals surface area contributed by atoms with Crippen LogP contribution in [0.3, 0.4) is 0 Å². The second-order valence-electron chi connectivity index (χ2n) is 9.12. The van der Waals surface area contributed by atoms with E-state index in [1.165, 1.54) is 24.0 Å². The molecule has 0 amide bonds. The van der Waals surface area contributed by atoms with Crippen LogP contribution in [0.5, 0.6) is 0 Å². The van der Waals surface area contributed by atoms with E-state index in [0.29, 0.717) is 29.7 Å². The predicted octanol–water partition coefficient (Wildman–Crippen LogP) is 4.02. The molecule has 150 valence electrons. The third-order valence-corrected chi connectivity index (χ3v) is 7.06. The molecular formula is C23H26FN5. The fourth-order valence-electron chi connectivity index (χ4n) is 5.46. The highest BCUT2D eigenvalue weighted by molar-refractivity contribution is 5.74. The molecule has 3 heterocycles. The molecule has 2 N–H and O–H groups in total. The Balaban J connectivity index is 1.51. The van der Waals surface area contributed by atoms with Crippen LogP contribution < -0.4 is 10.9 Å². The topological polar surface area (TPSA) is 54.2 Å². The van der Waals surface area contributed by atoms with E-state index in [1.807, 2.05) is 22.8 Å². The van der Waals surface area contributed by atoms with Crippen LogP contribution in [0, 0.1) is 17.7 Å². The molecule has 0 spiro atoms. The van der Waals surface area contributed by atoms with Gasteiger partial charge >= 0.3 is 0 Å². The number of hydrogen-bond donors (Lipinski definition) is 2. The Bertz CT molecular complexity index is 1060. The largest absolute Gasteiger partial charge is 0.257 e. The van der Waals surface area contributed by atoms with Crippen molar-refractivity contribution in [2.24, 2.45) is 11.8 Å². The highest BCUT2D eigenvalue weighted by atomic mass is 19.1. The van der Waals surface area contributed by atoms with E-state index < -0.39 is 0 Å². The van der Waals surface area contributed by atoms with Crippen molar-refractivity contribution in [2.45, 2.75) is 50.5 Å². The molecule has 29 heavy (non-hydrogen) atoms. The number of benzene rings is 1. The smallest absolute Gasteiger partial charge is 0.159 e. The Labute approximate surface area is 169 Å². The molecule has 4 unspecified atom stereocenters. The molecular weight excluding hydrogens is 365 g/mol. The number of aromatic nitrogens is 3. The number of rotatable bonds is 3. The van der Waals surface area contributed by atoms with Gasteiger partial charge in [-0.05, 0) is 72.8 Å². The van der Waals surface area contributed by atoms with Gasteiger partial charge < -0.3 is 0 Å². The number of halogens is 1. The van der Waals surface area contributed by atoms with Crippen molar-refractivity contribution in [3.63, 3.8) is 0 Å². The van der Waals surface area contributed by atoms with E-state index in [2.05, 4.69) is 23.8 Å². The Hall–Kier alpha value is -2.31. The van der Waals surface area contributed by atoms with Crippen LogP contribution in [0.2, 0.25) is 0 Å². The molecule has 6 rings (SSSR count). The first kappa shape index (κ1) is 17.5. The Morgan fingerprint density at radius 1 is 1.07 bits per heavy atom. The van der Waals surface area contributed by atoms with Gasteiger partial charge in [0, 0.05) is 30.3 Å². The van der Waals surface area contributed by atoms with Crippen LogP contribution in [0.25, 0.3) is 16.8 Å². The average molecular weight is 391 g/mol. The molecule has 0 bridgehead atoms. The lowest BCUT2D eigenvalue weighted by Crippen LogP contribution is -2.41. The molecule has 0 radical (unpaired) electrons. The summed E-state index contributed by atoms with van der Waals surface area (Å²) in [5, 5.41) is 4.79. The maximum absolute atomic E-state index is 13.6. The second-order valence-corrected chi connectivity index (χ2v) is 9.12. The summed E-state index contributed by atoms with van der Waals surface area (Å²) in [4.78, 5) is 5.01. The second kappa shape index (κ2) is 6.61.